The Labute approximate surface area is 113 Å². The summed E-state index contributed by atoms with van der Waals surface area (Å²) < 4.78 is 2.13. The van der Waals surface area contributed by atoms with Crippen LogP contribution in [0.25, 0.3) is 16.9 Å². The monoisotopic (exact) mass is 250 g/mol. The lowest BCUT2D eigenvalue weighted by Gasteiger charge is -2.05. The Kier molecular flexibility index (Phi) is 2.86. The van der Waals surface area contributed by atoms with Crippen molar-refractivity contribution >= 4 is 5.65 Å². The minimum absolute atomic E-state index is 0.567. The molecule has 1 aromatic carbocycles. The van der Waals surface area contributed by atoms with Crippen LogP contribution in [0.1, 0.15) is 31.0 Å². The number of nitrogens with zero attached hydrogens (tertiary/aromatic N) is 2. The van der Waals surface area contributed by atoms with Crippen LogP contribution >= 0.6 is 0 Å². The summed E-state index contributed by atoms with van der Waals surface area (Å²) in [6.45, 7) is 6.52. The normalized spacial score (nSPS) is 11.4. The predicted molar refractivity (Wildman–Crippen MR) is 79.5 cm³/mol. The molecule has 19 heavy (non-hydrogen) atoms. The van der Waals surface area contributed by atoms with Crippen LogP contribution in [0.4, 0.5) is 0 Å². The molecule has 2 nitrogen and oxygen atoms in total. The third kappa shape index (κ3) is 2.14. The number of aromatic nitrogens is 2. The Bertz CT molecular complexity index is 706. The fourth-order valence-electron chi connectivity index (χ4n) is 2.33. The topological polar surface area (TPSA) is 17.3 Å². The van der Waals surface area contributed by atoms with Crippen molar-refractivity contribution in [3.63, 3.8) is 0 Å². The molecule has 0 spiro atoms. The summed E-state index contributed by atoms with van der Waals surface area (Å²) in [5, 5.41) is 0. The summed E-state index contributed by atoms with van der Waals surface area (Å²) in [6.07, 6.45) is 2.11. The molecule has 0 bridgehead atoms. The summed E-state index contributed by atoms with van der Waals surface area (Å²) in [7, 11) is 0. The Morgan fingerprint density at radius 3 is 2.37 bits per heavy atom. The van der Waals surface area contributed by atoms with Gasteiger partial charge >= 0.3 is 0 Å². The van der Waals surface area contributed by atoms with Crippen LogP contribution in [0.3, 0.4) is 0 Å². The second-order valence-electron chi connectivity index (χ2n) is 5.30. The maximum atomic E-state index is 4.68. The molecule has 0 amide bonds. The van der Waals surface area contributed by atoms with Gasteiger partial charge in [-0.2, -0.15) is 0 Å². The van der Waals surface area contributed by atoms with E-state index >= 15 is 0 Å². The van der Waals surface area contributed by atoms with Crippen molar-refractivity contribution in [1.82, 2.24) is 9.38 Å². The number of rotatable bonds is 2. The first-order valence-electron chi connectivity index (χ1n) is 6.70. The van der Waals surface area contributed by atoms with Gasteiger partial charge < -0.3 is 4.40 Å². The molecule has 2 heterocycles. The number of aryl methyl sites for hydroxylation is 1. The summed E-state index contributed by atoms with van der Waals surface area (Å²) in [6, 6.07) is 14.9. The fourth-order valence-corrected chi connectivity index (χ4v) is 2.33. The molecule has 0 aliphatic heterocycles. The molecule has 96 valence electrons. The summed E-state index contributed by atoms with van der Waals surface area (Å²) in [5.41, 5.74) is 5.78. The molecule has 0 N–H and O–H groups in total. The minimum atomic E-state index is 0.567. The molecule has 2 aromatic heterocycles. The van der Waals surface area contributed by atoms with Crippen LogP contribution in [-0.2, 0) is 0 Å². The standard InChI is InChI=1S/C17H18N2/c1-12(2)14-7-9-15(10-8-14)16-11-19-13(3)5-4-6-17(19)18-16/h4-12H,1-3H3. The van der Waals surface area contributed by atoms with Gasteiger partial charge in [-0.25, -0.2) is 4.98 Å². The fraction of sp³-hybridized carbons (Fsp3) is 0.235. The quantitative estimate of drug-likeness (QED) is 0.657. The number of benzene rings is 1. The lowest BCUT2D eigenvalue weighted by Crippen LogP contribution is -1.87. The molecular weight excluding hydrogens is 232 g/mol. The molecule has 0 fully saturated rings. The molecule has 0 saturated carbocycles. The van der Waals surface area contributed by atoms with Crippen molar-refractivity contribution < 1.29 is 0 Å². The first-order chi connectivity index (χ1) is 9.15. The lowest BCUT2D eigenvalue weighted by molar-refractivity contribution is 0.867. The van der Waals surface area contributed by atoms with E-state index in [2.05, 4.69) is 66.7 Å². The summed E-state index contributed by atoms with van der Waals surface area (Å²) >= 11 is 0. The molecule has 0 saturated heterocycles. The van der Waals surface area contributed by atoms with E-state index in [0.717, 1.165) is 11.3 Å². The Morgan fingerprint density at radius 2 is 1.74 bits per heavy atom. The number of hydrogen-bond donors (Lipinski definition) is 0. The van der Waals surface area contributed by atoms with Crippen LogP contribution < -0.4 is 0 Å². The molecule has 0 aliphatic rings. The van der Waals surface area contributed by atoms with E-state index in [1.165, 1.54) is 16.8 Å². The summed E-state index contributed by atoms with van der Waals surface area (Å²) in [4.78, 5) is 4.68. The second kappa shape index (κ2) is 4.54. The number of imidazole rings is 1. The third-order valence-electron chi connectivity index (χ3n) is 3.57. The van der Waals surface area contributed by atoms with Gasteiger partial charge in [0.1, 0.15) is 5.65 Å². The highest BCUT2D eigenvalue weighted by Crippen LogP contribution is 2.23. The van der Waals surface area contributed by atoms with Gasteiger partial charge in [0.25, 0.3) is 0 Å². The smallest absolute Gasteiger partial charge is 0.137 e. The molecule has 0 radical (unpaired) electrons. The van der Waals surface area contributed by atoms with Gasteiger partial charge in [0.15, 0.2) is 0 Å². The van der Waals surface area contributed by atoms with Gasteiger partial charge in [0, 0.05) is 17.5 Å². The average molecular weight is 250 g/mol. The first kappa shape index (κ1) is 12.0. The van der Waals surface area contributed by atoms with Crippen molar-refractivity contribution in [3.8, 4) is 11.3 Å². The Morgan fingerprint density at radius 1 is 1.00 bits per heavy atom. The van der Waals surface area contributed by atoms with Crippen molar-refractivity contribution in [2.45, 2.75) is 26.7 Å². The first-order valence-corrected chi connectivity index (χ1v) is 6.70. The zero-order chi connectivity index (χ0) is 13.4. The lowest BCUT2D eigenvalue weighted by atomic mass is 10.0. The highest BCUT2D eigenvalue weighted by molar-refractivity contribution is 5.63. The predicted octanol–water partition coefficient (Wildman–Crippen LogP) is 4.43. The van der Waals surface area contributed by atoms with E-state index in [0.29, 0.717) is 5.92 Å². The van der Waals surface area contributed by atoms with Crippen LogP contribution in [0, 0.1) is 6.92 Å². The molecular formula is C17H18N2. The SMILES string of the molecule is Cc1cccc2nc(-c3ccc(C(C)C)cc3)cn12. The minimum Gasteiger partial charge on any atom is -0.304 e. The van der Waals surface area contributed by atoms with Gasteiger partial charge in [-0.05, 0) is 30.5 Å². The van der Waals surface area contributed by atoms with Gasteiger partial charge in [-0.15, -0.1) is 0 Å². The highest BCUT2D eigenvalue weighted by atomic mass is 15.0. The number of hydrogen-bond acceptors (Lipinski definition) is 1. The molecule has 0 unspecified atom stereocenters. The average Bonchev–Trinajstić information content (AvgIpc) is 2.84. The van der Waals surface area contributed by atoms with Gasteiger partial charge in [0.2, 0.25) is 0 Å². The van der Waals surface area contributed by atoms with Crippen molar-refractivity contribution in [1.29, 1.82) is 0 Å². The van der Waals surface area contributed by atoms with Crippen molar-refractivity contribution in [2.24, 2.45) is 0 Å². The Balaban J connectivity index is 2.06. The maximum Gasteiger partial charge on any atom is 0.137 e. The van der Waals surface area contributed by atoms with Crippen LogP contribution in [0.2, 0.25) is 0 Å². The number of pyridine rings is 1. The van der Waals surface area contributed by atoms with Gasteiger partial charge in [0.05, 0.1) is 5.69 Å². The zero-order valence-electron chi connectivity index (χ0n) is 11.6. The van der Waals surface area contributed by atoms with E-state index in [-0.39, 0.29) is 0 Å². The maximum absolute atomic E-state index is 4.68. The molecule has 3 rings (SSSR count). The largest absolute Gasteiger partial charge is 0.304 e. The van der Waals surface area contributed by atoms with Crippen LogP contribution in [-0.4, -0.2) is 9.38 Å². The zero-order valence-corrected chi connectivity index (χ0v) is 11.6. The van der Waals surface area contributed by atoms with E-state index in [1.54, 1.807) is 0 Å². The molecule has 2 heteroatoms. The summed E-state index contributed by atoms with van der Waals surface area (Å²) in [5.74, 6) is 0.567. The van der Waals surface area contributed by atoms with Gasteiger partial charge in [-0.3, -0.25) is 0 Å². The molecule has 3 aromatic rings. The van der Waals surface area contributed by atoms with Crippen molar-refractivity contribution in [2.75, 3.05) is 0 Å². The second-order valence-corrected chi connectivity index (χ2v) is 5.30. The van der Waals surface area contributed by atoms with Crippen LogP contribution in [0.15, 0.2) is 48.7 Å². The van der Waals surface area contributed by atoms with E-state index in [1.807, 2.05) is 12.1 Å². The highest BCUT2D eigenvalue weighted by Gasteiger charge is 2.06. The number of fused-ring (bicyclic) bond motifs is 1. The van der Waals surface area contributed by atoms with E-state index in [4.69, 9.17) is 0 Å². The van der Waals surface area contributed by atoms with Crippen LogP contribution in [0.5, 0.6) is 0 Å². The van der Waals surface area contributed by atoms with Gasteiger partial charge in [-0.1, -0.05) is 44.2 Å². The third-order valence-corrected chi connectivity index (χ3v) is 3.57. The van der Waals surface area contributed by atoms with Crippen molar-refractivity contribution in [3.05, 3.63) is 59.9 Å². The Hall–Kier alpha value is -2.09. The van der Waals surface area contributed by atoms with E-state index < -0.39 is 0 Å². The molecule has 0 aliphatic carbocycles. The molecule has 0 atom stereocenters. The van der Waals surface area contributed by atoms with E-state index in [9.17, 15) is 0 Å².